The first-order chi connectivity index (χ1) is 9.51. The second-order valence-corrected chi connectivity index (χ2v) is 6.50. The molecule has 0 aliphatic heterocycles. The molecular formula is C16H23ClN2O. The minimum atomic E-state index is -0.213. The van der Waals surface area contributed by atoms with Crippen LogP contribution in [0.25, 0.3) is 0 Å². The molecule has 4 N–H and O–H groups in total. The number of carbonyl (C=O) groups excluding carboxylic acids is 1. The largest absolute Gasteiger partial charge is 0.370 e. The van der Waals surface area contributed by atoms with Gasteiger partial charge in [-0.25, -0.2) is 0 Å². The molecule has 1 saturated carbocycles. The van der Waals surface area contributed by atoms with Gasteiger partial charge >= 0.3 is 0 Å². The van der Waals surface area contributed by atoms with Crippen LogP contribution in [0, 0.1) is 5.41 Å². The molecule has 1 aliphatic rings. The molecule has 1 aliphatic carbocycles. The fourth-order valence-electron chi connectivity index (χ4n) is 3.42. The quantitative estimate of drug-likeness (QED) is 0.872. The molecule has 110 valence electrons. The van der Waals surface area contributed by atoms with Gasteiger partial charge in [-0.05, 0) is 42.4 Å². The van der Waals surface area contributed by atoms with E-state index >= 15 is 0 Å². The van der Waals surface area contributed by atoms with Crippen molar-refractivity contribution in [3.63, 3.8) is 0 Å². The van der Waals surface area contributed by atoms with Crippen LogP contribution in [0.3, 0.4) is 0 Å². The van der Waals surface area contributed by atoms with Gasteiger partial charge in [-0.2, -0.15) is 0 Å². The van der Waals surface area contributed by atoms with E-state index in [9.17, 15) is 4.79 Å². The smallest absolute Gasteiger partial charge is 0.217 e. The number of rotatable bonds is 5. The Hall–Kier alpha value is -1.06. The van der Waals surface area contributed by atoms with Crippen molar-refractivity contribution in [1.29, 1.82) is 0 Å². The summed E-state index contributed by atoms with van der Waals surface area (Å²) in [5.41, 5.74) is 12.8. The molecule has 0 saturated heterocycles. The Morgan fingerprint density at radius 1 is 1.20 bits per heavy atom. The van der Waals surface area contributed by atoms with Gasteiger partial charge in [0.15, 0.2) is 0 Å². The Morgan fingerprint density at radius 3 is 2.35 bits per heavy atom. The molecule has 0 heterocycles. The molecule has 0 radical (unpaired) electrons. The third-order valence-corrected chi connectivity index (χ3v) is 4.67. The minimum Gasteiger partial charge on any atom is -0.370 e. The van der Waals surface area contributed by atoms with Gasteiger partial charge in [0.2, 0.25) is 5.91 Å². The molecule has 0 bridgehead atoms. The van der Waals surface area contributed by atoms with E-state index in [0.29, 0.717) is 11.4 Å². The van der Waals surface area contributed by atoms with E-state index < -0.39 is 0 Å². The van der Waals surface area contributed by atoms with Crippen LogP contribution in [-0.2, 0) is 4.79 Å². The van der Waals surface area contributed by atoms with Gasteiger partial charge in [0.05, 0.1) is 0 Å². The number of nitrogens with two attached hydrogens (primary N) is 2. The van der Waals surface area contributed by atoms with E-state index in [1.54, 1.807) is 0 Å². The summed E-state index contributed by atoms with van der Waals surface area (Å²) in [6.45, 7) is 0. The van der Waals surface area contributed by atoms with Gasteiger partial charge in [0.25, 0.3) is 0 Å². The standard InChI is InChI=1S/C16H23ClN2O/c17-13-6-4-12(5-7-13)14(18)10-16(11-15(19)20)8-2-1-3-9-16/h4-7,14H,1-3,8-11,18H2,(H2,19,20). The van der Waals surface area contributed by atoms with Gasteiger partial charge in [0, 0.05) is 17.5 Å². The average Bonchev–Trinajstić information content (AvgIpc) is 2.39. The number of primary amides is 1. The lowest BCUT2D eigenvalue weighted by molar-refractivity contribution is -0.121. The Morgan fingerprint density at radius 2 is 1.80 bits per heavy atom. The molecule has 1 unspecified atom stereocenters. The summed E-state index contributed by atoms with van der Waals surface area (Å²) in [6, 6.07) is 7.59. The molecular weight excluding hydrogens is 272 g/mol. The van der Waals surface area contributed by atoms with E-state index in [1.807, 2.05) is 24.3 Å². The summed E-state index contributed by atoms with van der Waals surface area (Å²) in [7, 11) is 0. The normalized spacial score (nSPS) is 19.5. The number of carbonyl (C=O) groups is 1. The Kier molecular flexibility index (Phi) is 5.06. The van der Waals surface area contributed by atoms with Gasteiger partial charge in [0.1, 0.15) is 0 Å². The lowest BCUT2D eigenvalue weighted by Crippen LogP contribution is -2.33. The maximum Gasteiger partial charge on any atom is 0.217 e. The summed E-state index contributed by atoms with van der Waals surface area (Å²) in [4.78, 5) is 11.4. The molecule has 4 heteroatoms. The molecule has 1 aromatic carbocycles. The van der Waals surface area contributed by atoms with Crippen molar-refractivity contribution >= 4 is 17.5 Å². The van der Waals surface area contributed by atoms with Gasteiger partial charge in [-0.1, -0.05) is 43.0 Å². The first-order valence-corrected chi connectivity index (χ1v) is 7.68. The predicted octanol–water partition coefficient (Wildman–Crippen LogP) is 3.56. The van der Waals surface area contributed by atoms with Crippen molar-refractivity contribution in [1.82, 2.24) is 0 Å². The monoisotopic (exact) mass is 294 g/mol. The Balaban J connectivity index is 2.10. The van der Waals surface area contributed by atoms with Crippen molar-refractivity contribution in [2.24, 2.45) is 16.9 Å². The fourth-order valence-corrected chi connectivity index (χ4v) is 3.54. The van der Waals surface area contributed by atoms with Crippen molar-refractivity contribution in [2.75, 3.05) is 0 Å². The van der Waals surface area contributed by atoms with Crippen LogP contribution in [0.1, 0.15) is 56.6 Å². The van der Waals surface area contributed by atoms with Crippen LogP contribution >= 0.6 is 11.6 Å². The van der Waals surface area contributed by atoms with Gasteiger partial charge in [-0.15, -0.1) is 0 Å². The van der Waals surface area contributed by atoms with Crippen molar-refractivity contribution in [3.05, 3.63) is 34.9 Å². The molecule has 20 heavy (non-hydrogen) atoms. The van der Waals surface area contributed by atoms with Gasteiger partial charge < -0.3 is 11.5 Å². The lowest BCUT2D eigenvalue weighted by atomic mass is 9.67. The third-order valence-electron chi connectivity index (χ3n) is 4.41. The second kappa shape index (κ2) is 6.59. The van der Waals surface area contributed by atoms with Crippen LogP contribution in [0.4, 0.5) is 0 Å². The van der Waals surface area contributed by atoms with E-state index in [4.69, 9.17) is 23.1 Å². The highest BCUT2D eigenvalue weighted by Crippen LogP contribution is 2.45. The molecule has 1 aromatic rings. The Labute approximate surface area is 125 Å². The summed E-state index contributed by atoms with van der Waals surface area (Å²) in [5, 5.41) is 0.713. The zero-order chi connectivity index (χ0) is 14.6. The average molecular weight is 295 g/mol. The zero-order valence-electron chi connectivity index (χ0n) is 11.8. The first kappa shape index (κ1) is 15.3. The second-order valence-electron chi connectivity index (χ2n) is 6.07. The van der Waals surface area contributed by atoms with E-state index in [2.05, 4.69) is 0 Å². The Bertz CT molecular complexity index is 452. The highest BCUT2D eigenvalue weighted by Gasteiger charge is 2.35. The highest BCUT2D eigenvalue weighted by atomic mass is 35.5. The number of amides is 1. The van der Waals surface area contributed by atoms with Crippen LogP contribution < -0.4 is 11.5 Å². The number of hydrogen-bond acceptors (Lipinski definition) is 2. The summed E-state index contributed by atoms with van der Waals surface area (Å²) < 4.78 is 0. The molecule has 3 nitrogen and oxygen atoms in total. The molecule has 1 amide bonds. The maximum atomic E-state index is 11.4. The van der Waals surface area contributed by atoms with Gasteiger partial charge in [-0.3, -0.25) is 4.79 Å². The SMILES string of the molecule is NC(=O)CC1(CC(N)c2ccc(Cl)cc2)CCCCC1. The molecule has 0 aromatic heterocycles. The van der Waals surface area contributed by atoms with Crippen LogP contribution in [0.15, 0.2) is 24.3 Å². The number of benzene rings is 1. The highest BCUT2D eigenvalue weighted by molar-refractivity contribution is 6.30. The lowest BCUT2D eigenvalue weighted by Gasteiger charge is -2.38. The molecule has 2 rings (SSSR count). The van der Waals surface area contributed by atoms with Crippen LogP contribution in [0.2, 0.25) is 5.02 Å². The fraction of sp³-hybridized carbons (Fsp3) is 0.562. The van der Waals surface area contributed by atoms with Crippen molar-refractivity contribution < 1.29 is 4.79 Å². The third kappa shape index (κ3) is 3.97. The summed E-state index contributed by atoms with van der Waals surface area (Å²) >= 11 is 5.90. The first-order valence-electron chi connectivity index (χ1n) is 7.30. The van der Waals surface area contributed by atoms with Crippen LogP contribution in [0.5, 0.6) is 0 Å². The number of halogens is 1. The number of hydrogen-bond donors (Lipinski definition) is 2. The zero-order valence-corrected chi connectivity index (χ0v) is 12.5. The predicted molar refractivity (Wildman–Crippen MR) is 82.3 cm³/mol. The molecule has 1 fully saturated rings. The molecule has 0 spiro atoms. The van der Waals surface area contributed by atoms with E-state index in [0.717, 1.165) is 24.8 Å². The van der Waals surface area contributed by atoms with Crippen molar-refractivity contribution in [3.8, 4) is 0 Å². The minimum absolute atomic E-state index is 0.0108. The van der Waals surface area contributed by atoms with E-state index in [-0.39, 0.29) is 17.4 Å². The van der Waals surface area contributed by atoms with Crippen molar-refractivity contribution in [2.45, 2.75) is 51.0 Å². The summed E-state index contributed by atoms with van der Waals surface area (Å²) in [5.74, 6) is -0.213. The van der Waals surface area contributed by atoms with E-state index in [1.165, 1.54) is 19.3 Å². The van der Waals surface area contributed by atoms with Crippen LogP contribution in [-0.4, -0.2) is 5.91 Å². The summed E-state index contributed by atoms with van der Waals surface area (Å²) in [6.07, 6.45) is 6.96. The maximum absolute atomic E-state index is 11.4. The topological polar surface area (TPSA) is 69.1 Å². The molecule has 1 atom stereocenters.